The molecule has 92 heavy (non-hydrogen) atoms. The van der Waals surface area contributed by atoms with Gasteiger partial charge >= 0.3 is 24.0 Å². The molecule has 494 valence electrons. The standard InChI is InChI=1S/C66H82F2N10O14/c1-39(73(9)63(87)89-37-41-17-13-11-14-18-41)57(81)71-55(65(3,4)5)61(85)75-31-29-47-53(75)49(91-45-25-21-43(67)22-26-45)35-77(47)51(79)33-69-59(83)60(84)70-34-52(80)78-36-50(92-46-27-23-44(68)24-28-46)54-48(78)30-32-76(54)62(86)56(66(6,7)8)72-58(82)40(2)74(10)64(88)90-38-42-19-15-12-16-20-42/h11-28,39-40,47-50,53-56H,29-38H2,1-10H3,(H,69,83)(H,70,84)(H,71,81)(H,72,82)/t39-,40-,47+,48+,49-,50-,53-,54-,55?,56?/m0/s1. The quantitative estimate of drug-likeness (QED) is 0.0894. The Hall–Kier alpha value is -9.36. The van der Waals surface area contributed by atoms with Crippen LogP contribution in [0.1, 0.15) is 79.4 Å². The Kier molecular flexibility index (Phi) is 21.8. The topological polar surface area (TPSA) is 275 Å². The van der Waals surface area contributed by atoms with Crippen LogP contribution in [0.15, 0.2) is 109 Å². The van der Waals surface area contributed by atoms with E-state index in [1.807, 2.05) is 12.1 Å². The minimum atomic E-state index is -1.24. The van der Waals surface area contributed by atoms with Gasteiger partial charge in [-0.1, -0.05) is 102 Å². The van der Waals surface area contributed by atoms with Gasteiger partial charge in [0.2, 0.25) is 35.4 Å². The maximum Gasteiger partial charge on any atom is 0.410 e. The summed E-state index contributed by atoms with van der Waals surface area (Å²) in [6.07, 6.45) is -2.80. The van der Waals surface area contributed by atoms with E-state index < -0.39 is 156 Å². The van der Waals surface area contributed by atoms with Crippen LogP contribution < -0.4 is 30.7 Å². The van der Waals surface area contributed by atoms with Gasteiger partial charge in [0.05, 0.1) is 50.3 Å². The Morgan fingerprint density at radius 1 is 0.511 bits per heavy atom. The first kappa shape index (κ1) is 68.5. The van der Waals surface area contributed by atoms with Gasteiger partial charge in [0.15, 0.2) is 0 Å². The minimum Gasteiger partial charge on any atom is -0.486 e. The molecule has 0 saturated carbocycles. The smallest absolute Gasteiger partial charge is 0.410 e. The average Bonchev–Trinajstić information content (AvgIpc) is 1.60. The molecule has 8 rings (SSSR count). The molecule has 0 aliphatic carbocycles. The fourth-order valence-electron chi connectivity index (χ4n) is 11.9. The van der Waals surface area contributed by atoms with Gasteiger partial charge in [0, 0.05) is 27.2 Å². The molecule has 4 aliphatic rings. The van der Waals surface area contributed by atoms with Crippen LogP contribution in [0.25, 0.3) is 0 Å². The van der Waals surface area contributed by atoms with Crippen molar-refractivity contribution in [3.05, 3.63) is 132 Å². The lowest BCUT2D eigenvalue weighted by Crippen LogP contribution is -2.60. The molecule has 4 aromatic carbocycles. The number of carbonyl (C=O) groups is 10. The zero-order valence-electron chi connectivity index (χ0n) is 53.4. The second kappa shape index (κ2) is 29.3. The number of hydrogen-bond acceptors (Lipinski definition) is 14. The van der Waals surface area contributed by atoms with Gasteiger partial charge in [0.25, 0.3) is 0 Å². The largest absolute Gasteiger partial charge is 0.486 e. The van der Waals surface area contributed by atoms with E-state index in [0.717, 1.165) is 20.9 Å². The summed E-state index contributed by atoms with van der Waals surface area (Å²) in [7, 11) is 2.82. The van der Waals surface area contributed by atoms with Gasteiger partial charge in [-0.15, -0.1) is 0 Å². The lowest BCUT2D eigenvalue weighted by Gasteiger charge is -2.37. The van der Waals surface area contributed by atoms with E-state index >= 15 is 0 Å². The Labute approximate surface area is 533 Å². The zero-order valence-corrected chi connectivity index (χ0v) is 53.4. The summed E-state index contributed by atoms with van der Waals surface area (Å²) in [5.74, 6) is -6.59. The number of benzene rings is 4. The van der Waals surface area contributed by atoms with E-state index in [1.54, 1.807) is 90.1 Å². The van der Waals surface area contributed by atoms with Crippen molar-refractivity contribution in [2.75, 3.05) is 53.4 Å². The van der Waals surface area contributed by atoms with E-state index in [1.165, 1.54) is 96.1 Å². The van der Waals surface area contributed by atoms with Crippen molar-refractivity contribution in [3.63, 3.8) is 0 Å². The summed E-state index contributed by atoms with van der Waals surface area (Å²) < 4.78 is 51.8. The second-order valence-corrected chi connectivity index (χ2v) is 25.7. The van der Waals surface area contributed by atoms with Crippen LogP contribution in [0, 0.1) is 22.5 Å². The summed E-state index contributed by atoms with van der Waals surface area (Å²) in [5, 5.41) is 10.4. The van der Waals surface area contributed by atoms with E-state index in [0.29, 0.717) is 0 Å². The van der Waals surface area contributed by atoms with Gasteiger partial charge in [-0.2, -0.15) is 0 Å². The molecule has 4 N–H and O–H groups in total. The molecule has 10 amide bonds. The molecule has 0 spiro atoms. The van der Waals surface area contributed by atoms with Crippen LogP contribution in [0.5, 0.6) is 11.5 Å². The van der Waals surface area contributed by atoms with Gasteiger partial charge in [0.1, 0.15) is 72.7 Å². The highest BCUT2D eigenvalue weighted by molar-refractivity contribution is 6.35. The molecular weight excluding hydrogens is 1190 g/mol. The molecule has 4 heterocycles. The van der Waals surface area contributed by atoms with Crippen LogP contribution in [-0.2, 0) is 61.0 Å². The predicted molar refractivity (Wildman–Crippen MR) is 329 cm³/mol. The van der Waals surface area contributed by atoms with Crippen LogP contribution in [0.2, 0.25) is 0 Å². The number of halogens is 2. The normalized spacial score (nSPS) is 20.5. The van der Waals surface area contributed by atoms with E-state index in [-0.39, 0.29) is 63.7 Å². The fraction of sp³-hybridized carbons (Fsp3) is 0.485. The van der Waals surface area contributed by atoms with Crippen molar-refractivity contribution >= 4 is 59.4 Å². The Morgan fingerprint density at radius 2 is 0.848 bits per heavy atom. The number of hydrogen-bond donors (Lipinski definition) is 4. The van der Waals surface area contributed by atoms with Crippen molar-refractivity contribution in [2.24, 2.45) is 10.8 Å². The SMILES string of the molecule is C[C@@H](C(=O)NC(C(=O)N1CC[C@@H]2[C@H]1[C@@H](Oc1ccc(F)cc1)CN2C(=O)CNC(=O)C(=O)NCC(=O)N1C[C@H](Oc2ccc(F)cc2)[C@@H]2[C@H]1CCN2C(=O)C(NC(=O)[C@H](C)N(C)C(=O)OCc1ccccc1)C(C)(C)C)C(C)(C)C)N(C)C(=O)OCc1ccccc1. The van der Waals surface area contributed by atoms with Crippen molar-refractivity contribution in [1.82, 2.24) is 50.7 Å². The summed E-state index contributed by atoms with van der Waals surface area (Å²) in [6, 6.07) is 21.0. The number of ether oxygens (including phenoxy) is 4. The molecule has 2 unspecified atom stereocenters. The minimum absolute atomic E-state index is 0.0241. The van der Waals surface area contributed by atoms with Gasteiger partial charge in [-0.25, -0.2) is 18.4 Å². The van der Waals surface area contributed by atoms with Crippen molar-refractivity contribution < 1.29 is 75.7 Å². The highest BCUT2D eigenvalue weighted by Gasteiger charge is 2.56. The summed E-state index contributed by atoms with van der Waals surface area (Å²) in [6.45, 7) is 12.2. The lowest BCUT2D eigenvalue weighted by atomic mass is 9.85. The predicted octanol–water partition coefficient (Wildman–Crippen LogP) is 4.39. The maximum atomic E-state index is 14.8. The molecule has 0 radical (unpaired) electrons. The summed E-state index contributed by atoms with van der Waals surface area (Å²) >= 11 is 0. The van der Waals surface area contributed by atoms with Crippen LogP contribution in [-0.4, -0.2) is 203 Å². The van der Waals surface area contributed by atoms with E-state index in [2.05, 4.69) is 21.3 Å². The number of likely N-dealkylation sites (N-methyl/N-ethyl adjacent to an activating group) is 2. The van der Waals surface area contributed by atoms with Crippen LogP contribution in [0.4, 0.5) is 18.4 Å². The van der Waals surface area contributed by atoms with E-state index in [4.69, 9.17) is 18.9 Å². The van der Waals surface area contributed by atoms with Gasteiger partial charge < -0.3 is 59.8 Å². The third-order valence-electron chi connectivity index (χ3n) is 17.3. The third kappa shape index (κ3) is 16.4. The molecule has 10 atom stereocenters. The first-order chi connectivity index (χ1) is 43.5. The van der Waals surface area contributed by atoms with Crippen LogP contribution >= 0.6 is 0 Å². The highest BCUT2D eigenvalue weighted by atomic mass is 19.1. The molecule has 4 aliphatic heterocycles. The van der Waals surface area contributed by atoms with Gasteiger partial charge in [-0.3, -0.25) is 48.2 Å². The van der Waals surface area contributed by atoms with Crippen molar-refractivity contribution in [2.45, 2.75) is 142 Å². The number of carbonyl (C=O) groups excluding carboxylic acids is 10. The molecule has 4 fully saturated rings. The van der Waals surface area contributed by atoms with Crippen LogP contribution in [0.3, 0.4) is 0 Å². The van der Waals surface area contributed by atoms with E-state index in [9.17, 15) is 56.7 Å². The highest BCUT2D eigenvalue weighted by Crippen LogP contribution is 2.38. The molecule has 4 aromatic rings. The zero-order chi connectivity index (χ0) is 66.9. The number of nitrogens with zero attached hydrogens (tertiary/aromatic N) is 6. The number of nitrogens with one attached hydrogen (secondary N) is 4. The number of rotatable bonds is 20. The van der Waals surface area contributed by atoms with Crippen molar-refractivity contribution in [3.8, 4) is 11.5 Å². The number of fused-ring (bicyclic) bond motifs is 2. The maximum absolute atomic E-state index is 14.8. The fourth-order valence-corrected chi connectivity index (χ4v) is 11.9. The van der Waals surface area contributed by atoms with Gasteiger partial charge in [-0.05, 0) is 97.2 Å². The molecule has 26 heteroatoms. The first-order valence-electron chi connectivity index (χ1n) is 30.6. The molecule has 0 aromatic heterocycles. The lowest BCUT2D eigenvalue weighted by molar-refractivity contribution is -0.142. The Morgan fingerprint density at radius 3 is 1.17 bits per heavy atom. The Bertz CT molecular complexity index is 3120. The second-order valence-electron chi connectivity index (χ2n) is 25.7. The monoisotopic (exact) mass is 1280 g/mol. The molecule has 24 nitrogen and oxygen atoms in total. The third-order valence-corrected chi connectivity index (χ3v) is 17.3. The molecule has 0 bridgehead atoms. The number of amides is 10. The molecular formula is C66H82F2N10O14. The summed E-state index contributed by atoms with van der Waals surface area (Å²) in [5.41, 5.74) is -0.270. The summed E-state index contributed by atoms with van der Waals surface area (Å²) in [4.78, 5) is 147. The van der Waals surface area contributed by atoms with Crippen molar-refractivity contribution in [1.29, 1.82) is 0 Å². The average molecular weight is 1280 g/mol. The first-order valence-corrected chi connectivity index (χ1v) is 30.6. The Balaban J connectivity index is 0.894. The molecule has 4 saturated heterocycles. The number of likely N-dealkylation sites (tertiary alicyclic amines) is 4.